The Balaban J connectivity index is 2.53. The number of rotatable bonds is 2. The third-order valence-corrected chi connectivity index (χ3v) is 3.65. The number of hydroxylamine groups is 3. The molecule has 0 spiro atoms. The molecule has 2 unspecified atom stereocenters. The maximum absolute atomic E-state index is 12.4. The largest absolute Gasteiger partial charge is 0.622 e. The predicted octanol–water partition coefficient (Wildman–Crippen LogP) is 2.21. The standard InChI is InChI=1S/C13H18N2O2/c1-4-13(3)14(16)10(2)12(15(13)17)11-8-6-5-7-9-11/h5-10,16H,4H2,1-3H3. The van der Waals surface area contributed by atoms with E-state index in [1.165, 1.54) is 0 Å². The van der Waals surface area contributed by atoms with Crippen LogP contribution >= 0.6 is 0 Å². The number of hydrogen-bond acceptors (Lipinski definition) is 3. The molecule has 1 aromatic rings. The highest BCUT2D eigenvalue weighted by Crippen LogP contribution is 2.29. The molecule has 0 aliphatic carbocycles. The maximum atomic E-state index is 12.4. The van der Waals surface area contributed by atoms with Crippen LogP contribution in [0.2, 0.25) is 0 Å². The molecule has 4 heteroatoms. The van der Waals surface area contributed by atoms with Crippen LogP contribution < -0.4 is 0 Å². The van der Waals surface area contributed by atoms with E-state index in [0.29, 0.717) is 12.1 Å². The van der Waals surface area contributed by atoms with Gasteiger partial charge in [0.25, 0.3) is 0 Å². The average molecular weight is 234 g/mol. The summed E-state index contributed by atoms with van der Waals surface area (Å²) in [7, 11) is 0. The number of hydrogen-bond donors (Lipinski definition) is 1. The highest BCUT2D eigenvalue weighted by atomic mass is 16.6. The van der Waals surface area contributed by atoms with Gasteiger partial charge < -0.3 is 10.4 Å². The molecule has 92 valence electrons. The van der Waals surface area contributed by atoms with Crippen LogP contribution in [0.25, 0.3) is 0 Å². The van der Waals surface area contributed by atoms with Crippen molar-refractivity contribution in [2.75, 3.05) is 0 Å². The highest BCUT2D eigenvalue weighted by Gasteiger charge is 2.51. The quantitative estimate of drug-likeness (QED) is 0.630. The van der Waals surface area contributed by atoms with Gasteiger partial charge in [0.2, 0.25) is 11.4 Å². The maximum Gasteiger partial charge on any atom is 0.247 e. The lowest BCUT2D eigenvalue weighted by Gasteiger charge is -2.27. The van der Waals surface area contributed by atoms with Crippen LogP contribution in [0.3, 0.4) is 0 Å². The smallest absolute Gasteiger partial charge is 0.247 e. The molecular formula is C13H18N2O2. The van der Waals surface area contributed by atoms with E-state index in [0.717, 1.165) is 15.4 Å². The van der Waals surface area contributed by atoms with E-state index >= 15 is 0 Å². The van der Waals surface area contributed by atoms with Crippen LogP contribution in [0.1, 0.15) is 32.8 Å². The van der Waals surface area contributed by atoms with E-state index in [9.17, 15) is 10.4 Å². The van der Waals surface area contributed by atoms with Crippen molar-refractivity contribution in [1.82, 2.24) is 5.06 Å². The zero-order valence-corrected chi connectivity index (χ0v) is 10.4. The van der Waals surface area contributed by atoms with Gasteiger partial charge in [-0.15, -0.1) is 5.06 Å². The third kappa shape index (κ3) is 1.64. The lowest BCUT2D eigenvalue weighted by Crippen LogP contribution is -2.47. The van der Waals surface area contributed by atoms with Gasteiger partial charge in [-0.25, -0.2) is 0 Å². The van der Waals surface area contributed by atoms with Crippen molar-refractivity contribution < 1.29 is 9.95 Å². The molecule has 17 heavy (non-hydrogen) atoms. The monoisotopic (exact) mass is 234 g/mol. The van der Waals surface area contributed by atoms with Crippen molar-refractivity contribution in [3.05, 3.63) is 41.1 Å². The molecule has 0 radical (unpaired) electrons. The summed E-state index contributed by atoms with van der Waals surface area (Å²) in [4.78, 5) is 0. The molecule has 2 rings (SSSR count). The van der Waals surface area contributed by atoms with Crippen LogP contribution in [0, 0.1) is 5.21 Å². The van der Waals surface area contributed by atoms with Crippen LogP contribution in [-0.2, 0) is 0 Å². The third-order valence-electron chi connectivity index (χ3n) is 3.65. The Morgan fingerprint density at radius 1 is 1.41 bits per heavy atom. The Morgan fingerprint density at radius 2 is 2.00 bits per heavy atom. The topological polar surface area (TPSA) is 49.5 Å². The summed E-state index contributed by atoms with van der Waals surface area (Å²) in [5.41, 5.74) is 0.619. The van der Waals surface area contributed by atoms with Crippen molar-refractivity contribution in [2.45, 2.75) is 38.9 Å². The molecule has 0 aromatic heterocycles. The Morgan fingerprint density at radius 3 is 2.47 bits per heavy atom. The molecule has 0 saturated carbocycles. The first-order chi connectivity index (χ1) is 8.02. The lowest BCUT2D eigenvalue weighted by atomic mass is 10.1. The van der Waals surface area contributed by atoms with E-state index in [1.54, 1.807) is 6.92 Å². The molecule has 0 saturated heterocycles. The van der Waals surface area contributed by atoms with Crippen molar-refractivity contribution in [2.24, 2.45) is 0 Å². The van der Waals surface area contributed by atoms with E-state index in [1.807, 2.05) is 44.2 Å². The molecule has 2 atom stereocenters. The van der Waals surface area contributed by atoms with Crippen molar-refractivity contribution in [3.8, 4) is 0 Å². The van der Waals surface area contributed by atoms with Gasteiger partial charge in [-0.1, -0.05) is 25.1 Å². The normalized spacial score (nSPS) is 30.0. The Labute approximate surface area is 101 Å². The minimum atomic E-state index is -0.870. The SMILES string of the molecule is CCC1(C)N(O)C(C)C(c2ccccc2)=[N+]1[O-]. The lowest BCUT2D eigenvalue weighted by molar-refractivity contribution is -0.585. The van der Waals surface area contributed by atoms with E-state index in [-0.39, 0.29) is 6.04 Å². The fraction of sp³-hybridized carbons (Fsp3) is 0.462. The molecule has 0 bridgehead atoms. The second-order valence-electron chi connectivity index (χ2n) is 4.64. The van der Waals surface area contributed by atoms with Crippen LogP contribution in [0.5, 0.6) is 0 Å². The van der Waals surface area contributed by atoms with Gasteiger partial charge in [-0.3, -0.25) is 0 Å². The summed E-state index contributed by atoms with van der Waals surface area (Å²) < 4.78 is 0.938. The van der Waals surface area contributed by atoms with Crippen LogP contribution in [0.15, 0.2) is 30.3 Å². The fourth-order valence-corrected chi connectivity index (χ4v) is 2.33. The Bertz CT molecular complexity index is 444. The van der Waals surface area contributed by atoms with E-state index in [4.69, 9.17) is 0 Å². The first-order valence-electron chi connectivity index (χ1n) is 5.90. The minimum absolute atomic E-state index is 0.292. The van der Waals surface area contributed by atoms with Gasteiger partial charge in [-0.2, -0.15) is 4.74 Å². The first-order valence-corrected chi connectivity index (χ1v) is 5.90. The summed E-state index contributed by atoms with van der Waals surface area (Å²) >= 11 is 0. The molecular weight excluding hydrogens is 216 g/mol. The first kappa shape index (κ1) is 12.1. The zero-order valence-electron chi connectivity index (χ0n) is 10.4. The molecule has 0 fully saturated rings. The summed E-state index contributed by atoms with van der Waals surface area (Å²) in [5, 5.41) is 23.6. The summed E-state index contributed by atoms with van der Waals surface area (Å²) in [6.07, 6.45) is 0.563. The van der Waals surface area contributed by atoms with Gasteiger partial charge in [-0.05, 0) is 19.1 Å². The average Bonchev–Trinajstić information content (AvgIpc) is 2.53. The molecule has 1 aliphatic rings. The van der Waals surface area contributed by atoms with Crippen LogP contribution in [-0.4, -0.2) is 32.4 Å². The minimum Gasteiger partial charge on any atom is -0.622 e. The van der Waals surface area contributed by atoms with Crippen molar-refractivity contribution in [1.29, 1.82) is 0 Å². The van der Waals surface area contributed by atoms with Crippen molar-refractivity contribution >= 4 is 5.71 Å². The Kier molecular flexibility index (Phi) is 2.93. The summed E-state index contributed by atoms with van der Waals surface area (Å²) in [6, 6.07) is 9.20. The van der Waals surface area contributed by atoms with E-state index < -0.39 is 5.66 Å². The van der Waals surface area contributed by atoms with Gasteiger partial charge in [0.15, 0.2) is 0 Å². The fourth-order valence-electron chi connectivity index (χ4n) is 2.33. The van der Waals surface area contributed by atoms with Gasteiger partial charge in [0.1, 0.15) is 6.04 Å². The van der Waals surface area contributed by atoms with Gasteiger partial charge in [0, 0.05) is 18.9 Å². The zero-order chi connectivity index (χ0) is 12.6. The van der Waals surface area contributed by atoms with Crippen molar-refractivity contribution in [3.63, 3.8) is 0 Å². The molecule has 1 aromatic carbocycles. The molecule has 0 amide bonds. The number of nitrogens with zero attached hydrogens (tertiary/aromatic N) is 2. The molecule has 1 N–H and O–H groups in total. The second-order valence-corrected chi connectivity index (χ2v) is 4.64. The van der Waals surface area contributed by atoms with Gasteiger partial charge in [0.05, 0.1) is 0 Å². The summed E-state index contributed by atoms with van der Waals surface area (Å²) in [5.74, 6) is 0. The van der Waals surface area contributed by atoms with Gasteiger partial charge >= 0.3 is 0 Å². The molecule has 1 heterocycles. The second kappa shape index (κ2) is 4.13. The molecule has 1 aliphatic heterocycles. The number of benzene rings is 1. The predicted molar refractivity (Wildman–Crippen MR) is 66.0 cm³/mol. The Hall–Kier alpha value is -1.39. The summed E-state index contributed by atoms with van der Waals surface area (Å²) in [6.45, 7) is 5.50. The molecule has 4 nitrogen and oxygen atoms in total. The highest BCUT2D eigenvalue weighted by molar-refractivity contribution is 6.01. The van der Waals surface area contributed by atoms with Crippen LogP contribution in [0.4, 0.5) is 0 Å². The van der Waals surface area contributed by atoms with E-state index in [2.05, 4.69) is 0 Å².